The molecule has 0 saturated heterocycles. The van der Waals surface area contributed by atoms with Crippen LogP contribution in [0, 0.1) is 11.7 Å². The average Bonchev–Trinajstić information content (AvgIpc) is 3.58. The molecule has 0 spiro atoms. The maximum absolute atomic E-state index is 13.1. The van der Waals surface area contributed by atoms with Crippen LogP contribution in [0.5, 0.6) is 5.88 Å². The van der Waals surface area contributed by atoms with Crippen molar-refractivity contribution in [3.63, 3.8) is 0 Å². The molecule has 0 aliphatic heterocycles. The van der Waals surface area contributed by atoms with E-state index in [-0.39, 0.29) is 18.2 Å². The van der Waals surface area contributed by atoms with E-state index in [1.807, 2.05) is 38.1 Å². The van der Waals surface area contributed by atoms with Gasteiger partial charge >= 0.3 is 0 Å². The molecule has 3 atom stereocenters. The fourth-order valence-electron chi connectivity index (χ4n) is 3.61. The number of aromatic nitrogens is 1. The van der Waals surface area contributed by atoms with Crippen molar-refractivity contribution in [2.24, 2.45) is 5.92 Å². The number of benzene rings is 1. The molecule has 0 bridgehead atoms. The molecule has 3 rings (SSSR count). The van der Waals surface area contributed by atoms with Gasteiger partial charge in [0.15, 0.2) is 0 Å². The Bertz CT molecular complexity index is 950. The number of nitrogens with one attached hydrogen (secondary N) is 2. The summed E-state index contributed by atoms with van der Waals surface area (Å²) in [6.45, 7) is 5.27. The van der Waals surface area contributed by atoms with Gasteiger partial charge < -0.3 is 14.8 Å². The Morgan fingerprint density at radius 3 is 2.41 bits per heavy atom. The molecular weight excluding hydrogens is 433 g/mol. The van der Waals surface area contributed by atoms with E-state index in [1.165, 1.54) is 12.1 Å². The Kier molecular flexibility index (Phi) is 8.58. The van der Waals surface area contributed by atoms with Gasteiger partial charge in [0.2, 0.25) is 15.9 Å². The Morgan fingerprint density at radius 1 is 1.16 bits per heavy atom. The first-order valence-corrected chi connectivity index (χ1v) is 12.8. The number of sulfonamides is 1. The zero-order valence-corrected chi connectivity index (χ0v) is 19.6. The fraction of sp³-hybridized carbons (Fsp3) is 0.522. The second kappa shape index (κ2) is 11.2. The second-order valence-electron chi connectivity index (χ2n) is 8.22. The van der Waals surface area contributed by atoms with Crippen molar-refractivity contribution in [2.45, 2.75) is 44.9 Å². The van der Waals surface area contributed by atoms with Crippen molar-refractivity contribution in [2.75, 3.05) is 26.0 Å². The van der Waals surface area contributed by atoms with E-state index >= 15 is 0 Å². The van der Waals surface area contributed by atoms with E-state index in [2.05, 4.69) is 15.0 Å². The zero-order valence-electron chi connectivity index (χ0n) is 18.8. The molecule has 1 aromatic carbocycles. The molecule has 7 nitrogen and oxygen atoms in total. The first-order chi connectivity index (χ1) is 15.2. The van der Waals surface area contributed by atoms with E-state index in [9.17, 15) is 12.8 Å². The SMILES string of the molecule is CCOCC(CNC(c1ccc(C(C)NS(C)(=O)=O)cc1)C1CC1)Oc1ccc(F)cn1. The van der Waals surface area contributed by atoms with E-state index in [0.29, 0.717) is 31.6 Å². The normalized spacial score (nSPS) is 17.0. The number of hydrogen-bond donors (Lipinski definition) is 2. The van der Waals surface area contributed by atoms with Crippen molar-refractivity contribution in [3.05, 3.63) is 59.5 Å². The van der Waals surface area contributed by atoms with Crippen LogP contribution in [0.2, 0.25) is 0 Å². The molecule has 1 aliphatic rings. The Balaban J connectivity index is 1.64. The standard InChI is InChI=1S/C23H32FN3O4S/c1-4-30-15-21(31-22-12-11-20(24)13-25-22)14-26-23(19-9-10-19)18-7-5-17(6-8-18)16(2)27-32(3,28)29/h5-8,11-13,16,19,21,23,26-27H,4,9-10,14-15H2,1-3H3. The summed E-state index contributed by atoms with van der Waals surface area (Å²) in [4.78, 5) is 3.98. The third-order valence-electron chi connectivity index (χ3n) is 5.34. The maximum Gasteiger partial charge on any atom is 0.213 e. The summed E-state index contributed by atoms with van der Waals surface area (Å²) < 4.78 is 50.2. The van der Waals surface area contributed by atoms with Crippen molar-refractivity contribution >= 4 is 10.0 Å². The van der Waals surface area contributed by atoms with Gasteiger partial charge in [-0.15, -0.1) is 0 Å². The molecular formula is C23H32FN3O4S. The van der Waals surface area contributed by atoms with Gasteiger partial charge in [0.05, 0.1) is 19.1 Å². The summed E-state index contributed by atoms with van der Waals surface area (Å²) in [7, 11) is -3.27. The molecule has 9 heteroatoms. The van der Waals surface area contributed by atoms with Crippen LogP contribution < -0.4 is 14.8 Å². The molecule has 2 N–H and O–H groups in total. The number of rotatable bonds is 13. The molecule has 176 valence electrons. The summed E-state index contributed by atoms with van der Waals surface area (Å²) >= 11 is 0. The topological polar surface area (TPSA) is 89.6 Å². The maximum atomic E-state index is 13.1. The summed E-state index contributed by atoms with van der Waals surface area (Å²) in [6, 6.07) is 10.7. The van der Waals surface area contributed by atoms with Crippen LogP contribution in [-0.4, -0.2) is 45.5 Å². The smallest absolute Gasteiger partial charge is 0.213 e. The average molecular weight is 466 g/mol. The first kappa shape index (κ1) is 24.6. The van der Waals surface area contributed by atoms with E-state index in [4.69, 9.17) is 9.47 Å². The van der Waals surface area contributed by atoms with Crippen molar-refractivity contribution < 1.29 is 22.3 Å². The van der Waals surface area contributed by atoms with E-state index in [1.54, 1.807) is 0 Å². The van der Waals surface area contributed by atoms with Crippen LogP contribution in [-0.2, 0) is 14.8 Å². The summed E-state index contributed by atoms with van der Waals surface area (Å²) in [6.07, 6.45) is 4.33. The van der Waals surface area contributed by atoms with Gasteiger partial charge in [0.25, 0.3) is 0 Å². The molecule has 0 amide bonds. The highest BCUT2D eigenvalue weighted by Crippen LogP contribution is 2.41. The van der Waals surface area contributed by atoms with Gasteiger partial charge in [0, 0.05) is 31.3 Å². The monoisotopic (exact) mass is 465 g/mol. The predicted molar refractivity (Wildman–Crippen MR) is 121 cm³/mol. The van der Waals surface area contributed by atoms with E-state index < -0.39 is 15.8 Å². The lowest BCUT2D eigenvalue weighted by Gasteiger charge is -2.24. The molecule has 1 saturated carbocycles. The Morgan fingerprint density at radius 2 is 1.84 bits per heavy atom. The highest BCUT2D eigenvalue weighted by Gasteiger charge is 2.32. The number of pyridine rings is 1. The largest absolute Gasteiger partial charge is 0.471 e. The summed E-state index contributed by atoms with van der Waals surface area (Å²) in [5.74, 6) is 0.497. The number of nitrogens with zero attached hydrogens (tertiary/aromatic N) is 1. The van der Waals surface area contributed by atoms with Gasteiger partial charge in [-0.1, -0.05) is 24.3 Å². The molecule has 0 radical (unpaired) electrons. The minimum atomic E-state index is -3.27. The molecule has 32 heavy (non-hydrogen) atoms. The van der Waals surface area contributed by atoms with Crippen LogP contribution in [0.1, 0.15) is 49.9 Å². The van der Waals surface area contributed by atoms with Gasteiger partial charge in [-0.05, 0) is 49.8 Å². The predicted octanol–water partition coefficient (Wildman–Crippen LogP) is 3.36. The van der Waals surface area contributed by atoms with Crippen molar-refractivity contribution in [1.29, 1.82) is 0 Å². The molecule has 3 unspecified atom stereocenters. The third-order valence-corrected chi connectivity index (χ3v) is 6.12. The molecule has 1 heterocycles. The lowest BCUT2D eigenvalue weighted by atomic mass is 9.99. The van der Waals surface area contributed by atoms with Crippen molar-refractivity contribution in [1.82, 2.24) is 15.0 Å². The second-order valence-corrected chi connectivity index (χ2v) is 10.00. The third kappa shape index (κ3) is 7.81. The Hall–Kier alpha value is -2.07. The number of halogens is 1. The van der Waals surface area contributed by atoms with Crippen LogP contribution in [0.4, 0.5) is 4.39 Å². The van der Waals surface area contributed by atoms with Gasteiger partial charge in [-0.2, -0.15) is 0 Å². The van der Waals surface area contributed by atoms with Crippen LogP contribution in [0.25, 0.3) is 0 Å². The lowest BCUT2D eigenvalue weighted by molar-refractivity contribution is 0.0521. The van der Waals surface area contributed by atoms with Crippen LogP contribution >= 0.6 is 0 Å². The number of hydrogen-bond acceptors (Lipinski definition) is 6. The van der Waals surface area contributed by atoms with E-state index in [0.717, 1.165) is 36.4 Å². The zero-order chi connectivity index (χ0) is 23.1. The first-order valence-electron chi connectivity index (χ1n) is 10.9. The minimum Gasteiger partial charge on any atom is -0.471 e. The molecule has 1 aliphatic carbocycles. The Labute approximate surface area is 189 Å². The van der Waals surface area contributed by atoms with Gasteiger partial charge in [-0.25, -0.2) is 22.5 Å². The van der Waals surface area contributed by atoms with Gasteiger partial charge in [-0.3, -0.25) is 0 Å². The fourth-order valence-corrected chi connectivity index (χ4v) is 4.39. The minimum absolute atomic E-state index is 0.163. The van der Waals surface area contributed by atoms with Crippen LogP contribution in [0.3, 0.4) is 0 Å². The summed E-state index contributed by atoms with van der Waals surface area (Å²) in [5.41, 5.74) is 2.06. The molecule has 1 fully saturated rings. The quantitative estimate of drug-likeness (QED) is 0.472. The summed E-state index contributed by atoms with van der Waals surface area (Å²) in [5, 5.41) is 3.61. The van der Waals surface area contributed by atoms with Crippen LogP contribution in [0.15, 0.2) is 42.6 Å². The molecule has 1 aromatic heterocycles. The highest BCUT2D eigenvalue weighted by atomic mass is 32.2. The van der Waals surface area contributed by atoms with Crippen molar-refractivity contribution in [3.8, 4) is 5.88 Å². The van der Waals surface area contributed by atoms with Gasteiger partial charge in [0.1, 0.15) is 11.9 Å². The lowest BCUT2D eigenvalue weighted by Crippen LogP contribution is -2.38. The molecule has 2 aromatic rings. The highest BCUT2D eigenvalue weighted by molar-refractivity contribution is 7.88. The number of ether oxygens (including phenoxy) is 2.